The van der Waals surface area contributed by atoms with Crippen LogP contribution in [-0.4, -0.2) is 38.9 Å². The first-order valence-corrected chi connectivity index (χ1v) is 13.8. The Morgan fingerprint density at radius 1 is 1.24 bits per heavy atom. The van der Waals surface area contributed by atoms with Crippen LogP contribution in [0.4, 0.5) is 23.2 Å². The Balaban J connectivity index is 1.67. The summed E-state index contributed by atoms with van der Waals surface area (Å²) in [5.41, 5.74) is -3.10. The van der Waals surface area contributed by atoms with E-state index in [9.17, 15) is 42.2 Å². The minimum atomic E-state index is -5.13. The number of hydrogen-bond donors (Lipinski definition) is 2. The van der Waals surface area contributed by atoms with Crippen LogP contribution >= 0.6 is 15.9 Å². The van der Waals surface area contributed by atoms with Crippen LogP contribution in [0.2, 0.25) is 0 Å². The van der Waals surface area contributed by atoms with Gasteiger partial charge in [0.25, 0.3) is 5.56 Å². The molecule has 13 heteroatoms. The van der Waals surface area contributed by atoms with E-state index in [0.29, 0.717) is 18.5 Å². The van der Waals surface area contributed by atoms with Crippen LogP contribution in [0.15, 0.2) is 39.4 Å². The molecule has 8 nitrogen and oxygen atoms in total. The molecular weight excluding hydrogens is 616 g/mol. The van der Waals surface area contributed by atoms with Crippen molar-refractivity contribution in [3.05, 3.63) is 73.0 Å². The number of hydrogen-bond acceptors (Lipinski definition) is 7. The highest BCUT2D eigenvalue weighted by atomic mass is 79.9. The number of ether oxygens (including phenoxy) is 1. The first-order chi connectivity index (χ1) is 19.3. The van der Waals surface area contributed by atoms with E-state index in [2.05, 4.69) is 15.9 Å². The van der Waals surface area contributed by atoms with Crippen LogP contribution in [-0.2, 0) is 33.1 Å². The summed E-state index contributed by atoms with van der Waals surface area (Å²) in [7, 11) is 0. The summed E-state index contributed by atoms with van der Waals surface area (Å²) in [5, 5.41) is 20.8. The highest BCUT2D eigenvalue weighted by Crippen LogP contribution is 2.48. The largest absolute Gasteiger partial charge is 0.458 e. The Morgan fingerprint density at radius 3 is 2.54 bits per heavy atom. The second-order valence-corrected chi connectivity index (χ2v) is 11.1. The van der Waals surface area contributed by atoms with E-state index in [0.717, 1.165) is 25.0 Å². The highest BCUT2D eigenvalue weighted by Gasteiger charge is 2.45. The third-order valence-electron chi connectivity index (χ3n) is 8.03. The van der Waals surface area contributed by atoms with Crippen LogP contribution in [0, 0.1) is 5.82 Å². The number of nitrogens with zero attached hydrogens (tertiary/aromatic N) is 2. The molecule has 5 rings (SSSR count). The van der Waals surface area contributed by atoms with Gasteiger partial charge in [-0.2, -0.15) is 13.2 Å². The molecule has 218 valence electrons. The predicted molar refractivity (Wildman–Crippen MR) is 142 cm³/mol. The van der Waals surface area contributed by atoms with E-state index in [1.54, 1.807) is 17.8 Å². The van der Waals surface area contributed by atoms with Gasteiger partial charge in [0.1, 0.15) is 18.4 Å². The van der Waals surface area contributed by atoms with Gasteiger partial charge in [0.05, 0.1) is 33.5 Å². The fourth-order valence-corrected chi connectivity index (χ4v) is 6.45. The molecule has 0 spiro atoms. The maximum Gasteiger partial charge on any atom is 0.418 e. The van der Waals surface area contributed by atoms with Gasteiger partial charge in [-0.1, -0.05) is 19.8 Å². The summed E-state index contributed by atoms with van der Waals surface area (Å²) in [6, 6.07) is 2.86. The van der Waals surface area contributed by atoms with Crippen molar-refractivity contribution in [2.24, 2.45) is 0 Å². The van der Waals surface area contributed by atoms with E-state index in [1.165, 1.54) is 16.8 Å². The van der Waals surface area contributed by atoms with Gasteiger partial charge in [-0.3, -0.25) is 4.79 Å². The lowest BCUT2D eigenvalue weighted by Crippen LogP contribution is -2.45. The van der Waals surface area contributed by atoms with Gasteiger partial charge in [-0.25, -0.2) is 14.0 Å². The average molecular weight is 641 g/mol. The number of benzene rings is 1. The first kappa shape index (κ1) is 29.2. The molecule has 1 aliphatic carbocycles. The number of carbonyl (C=O) groups is 1. The number of halogens is 5. The zero-order valence-electron chi connectivity index (χ0n) is 21.7. The quantitative estimate of drug-likeness (QED) is 0.281. The molecule has 0 bridgehead atoms. The lowest BCUT2D eigenvalue weighted by molar-refractivity contribution is -0.207. The number of fused-ring (bicyclic) bond motifs is 2. The topological polar surface area (TPSA) is 109 Å². The van der Waals surface area contributed by atoms with Crippen molar-refractivity contribution in [1.29, 1.82) is 0 Å². The number of cyclic esters (lactones) is 1. The second kappa shape index (κ2) is 10.5. The van der Waals surface area contributed by atoms with Gasteiger partial charge in [0.2, 0.25) is 0 Å². The van der Waals surface area contributed by atoms with E-state index in [4.69, 9.17) is 4.74 Å². The normalized spacial score (nSPS) is 21.9. The second-order valence-electron chi connectivity index (χ2n) is 10.3. The smallest absolute Gasteiger partial charge is 0.418 e. The number of carbonyl (C=O) groups excluding carboxylic acids is 2. The fraction of sp³-hybridized carbons (Fsp3) is 0.429. The lowest BCUT2D eigenvalue weighted by atomic mass is 9.87. The summed E-state index contributed by atoms with van der Waals surface area (Å²) >= 11 is 3.40. The van der Waals surface area contributed by atoms with E-state index in [-0.39, 0.29) is 58.0 Å². The Morgan fingerprint density at radius 2 is 1.93 bits per heavy atom. The number of anilines is 1. The molecule has 1 saturated carbocycles. The molecule has 2 N–H and O–H groups in total. The minimum absolute atomic E-state index is 0.00383. The standard InChI is InChI=1S/C28H25BrF4N2O6/c1-2-27(40)19-7-8-34(25(38)18(19)13-41-26(27)39)11-22-23(29)17(12-36)15-9-20(30)16(24(37)28(31,32)33)10-21(15)35(22)14-5-3-4-6-14/h7-10,14,24,37,40H,2-6,11,13H2,1H3/t24?,27-/m0/s1. The number of pyridine rings is 1. The van der Waals surface area contributed by atoms with Gasteiger partial charge in [0.15, 0.2) is 11.7 Å². The molecule has 0 radical (unpaired) electrons. The van der Waals surface area contributed by atoms with Crippen molar-refractivity contribution in [1.82, 2.24) is 4.57 Å². The fourth-order valence-electron chi connectivity index (χ4n) is 5.84. The van der Waals surface area contributed by atoms with Gasteiger partial charge in [0, 0.05) is 28.9 Å². The third-order valence-corrected chi connectivity index (χ3v) is 8.89. The van der Waals surface area contributed by atoms with Crippen molar-refractivity contribution in [2.45, 2.75) is 76.1 Å². The molecule has 1 aromatic carbocycles. The minimum Gasteiger partial charge on any atom is -0.458 e. The Kier molecular flexibility index (Phi) is 7.52. The monoisotopic (exact) mass is 640 g/mol. The van der Waals surface area contributed by atoms with E-state index >= 15 is 0 Å². The molecule has 2 aromatic rings. The molecule has 1 aromatic heterocycles. The van der Waals surface area contributed by atoms with Crippen LogP contribution < -0.4 is 10.5 Å². The number of aliphatic hydroxyl groups is 2. The van der Waals surface area contributed by atoms with Crippen LogP contribution in [0.1, 0.15) is 67.4 Å². The number of rotatable bonds is 5. The number of aromatic nitrogens is 1. The lowest BCUT2D eigenvalue weighted by Gasteiger charge is -2.39. The Labute approximate surface area is 239 Å². The van der Waals surface area contributed by atoms with Crippen molar-refractivity contribution in [3.8, 4) is 0 Å². The Hall–Kier alpha value is -3.25. The zero-order valence-corrected chi connectivity index (χ0v) is 23.3. The van der Waals surface area contributed by atoms with Gasteiger partial charge in [-0.15, -0.1) is 0 Å². The third kappa shape index (κ3) is 4.74. The maximum absolute atomic E-state index is 14.9. The SMILES string of the molecule is CC[C@@]1(O)C(=O)OCc2c1ccn(CC1=C(Br)C(=C=O)c3cc(F)c(C(O)C(F)(F)F)cc3N1C1CCCC1)c2=O. The molecular formula is C28H25BrF4N2O6. The molecule has 0 saturated heterocycles. The van der Waals surface area contributed by atoms with Crippen molar-refractivity contribution >= 4 is 39.1 Å². The van der Waals surface area contributed by atoms with Crippen molar-refractivity contribution in [2.75, 3.05) is 4.90 Å². The first-order valence-electron chi connectivity index (χ1n) is 13.0. The summed E-state index contributed by atoms with van der Waals surface area (Å²) < 4.78 is 61.6. The Bertz CT molecular complexity index is 1570. The van der Waals surface area contributed by atoms with Gasteiger partial charge < -0.3 is 24.4 Å². The summed E-state index contributed by atoms with van der Waals surface area (Å²) in [4.78, 5) is 39.6. The van der Waals surface area contributed by atoms with E-state index < -0.39 is 40.8 Å². The molecule has 1 unspecified atom stereocenters. The molecule has 3 aliphatic rings. The van der Waals surface area contributed by atoms with Crippen LogP contribution in [0.3, 0.4) is 0 Å². The predicted octanol–water partition coefficient (Wildman–Crippen LogP) is 4.52. The van der Waals surface area contributed by atoms with Crippen molar-refractivity contribution < 1.29 is 42.1 Å². The number of allylic oxidation sites excluding steroid dienone is 3. The molecule has 41 heavy (non-hydrogen) atoms. The summed E-state index contributed by atoms with van der Waals surface area (Å²) in [5.74, 6) is -0.461. The molecule has 3 heterocycles. The highest BCUT2D eigenvalue weighted by molar-refractivity contribution is 9.12. The van der Waals surface area contributed by atoms with Gasteiger partial charge in [-0.05, 0) is 53.4 Å². The zero-order chi connectivity index (χ0) is 29.9. The van der Waals surface area contributed by atoms with Crippen LogP contribution in [0.5, 0.6) is 0 Å². The maximum atomic E-state index is 14.9. The molecule has 2 atom stereocenters. The number of aliphatic hydroxyl groups excluding tert-OH is 1. The van der Waals surface area contributed by atoms with Crippen molar-refractivity contribution in [3.63, 3.8) is 0 Å². The number of alkyl halides is 3. The average Bonchev–Trinajstić information content (AvgIpc) is 3.46. The summed E-state index contributed by atoms with van der Waals surface area (Å²) in [6.07, 6.45) is -3.97. The molecule has 2 aliphatic heterocycles. The van der Waals surface area contributed by atoms with Gasteiger partial charge >= 0.3 is 12.1 Å². The summed E-state index contributed by atoms with van der Waals surface area (Å²) in [6.45, 7) is 1.03. The molecule has 1 fully saturated rings. The number of esters is 1. The van der Waals surface area contributed by atoms with Crippen LogP contribution in [0.25, 0.3) is 5.57 Å². The molecule has 0 amide bonds. The van der Waals surface area contributed by atoms with E-state index in [1.807, 2.05) is 0 Å².